The summed E-state index contributed by atoms with van der Waals surface area (Å²) in [4.78, 5) is 11.6. The Kier molecular flexibility index (Phi) is 13.4. The second-order valence-corrected chi connectivity index (χ2v) is 12.0. The summed E-state index contributed by atoms with van der Waals surface area (Å²) in [5.74, 6) is 0.552. The summed E-state index contributed by atoms with van der Waals surface area (Å²) < 4.78 is 1.16. The SMILES string of the molecule is C=NC(/C=C/C=C\C=C/C)=Nc1sc2ccccc2c1/C(=C\C=C\C)c1ccc(N(C2=C/C=C/C=C/C=C\C=C/C=C2)c2ccccc2)cc1. The van der Waals surface area contributed by atoms with E-state index >= 15 is 0 Å². The number of anilines is 2. The molecule has 0 aliphatic heterocycles. The molecule has 0 amide bonds. The Hall–Kier alpha value is -6.10. The van der Waals surface area contributed by atoms with Crippen LogP contribution in [-0.2, 0) is 0 Å². The molecular weight excluding hydrogens is 627 g/mol. The highest BCUT2D eigenvalue weighted by molar-refractivity contribution is 7.23. The van der Waals surface area contributed by atoms with Crippen LogP contribution in [0.5, 0.6) is 0 Å². The van der Waals surface area contributed by atoms with E-state index < -0.39 is 0 Å². The maximum atomic E-state index is 5.03. The van der Waals surface area contributed by atoms with Crippen molar-refractivity contribution in [2.45, 2.75) is 13.8 Å². The van der Waals surface area contributed by atoms with E-state index in [-0.39, 0.29) is 0 Å². The van der Waals surface area contributed by atoms with Crippen LogP contribution < -0.4 is 4.90 Å². The molecule has 0 atom stereocenters. The molecule has 0 bridgehead atoms. The fourth-order valence-electron chi connectivity index (χ4n) is 5.27. The van der Waals surface area contributed by atoms with Gasteiger partial charge in [0.2, 0.25) is 0 Å². The number of allylic oxidation sites excluding steroid dienone is 19. The van der Waals surface area contributed by atoms with Crippen LogP contribution in [0, 0.1) is 0 Å². The van der Waals surface area contributed by atoms with Crippen LogP contribution in [-0.4, -0.2) is 12.6 Å². The zero-order valence-electron chi connectivity index (χ0n) is 28.5. The van der Waals surface area contributed by atoms with Crippen LogP contribution in [0.1, 0.15) is 25.0 Å². The van der Waals surface area contributed by atoms with Gasteiger partial charge in [0.1, 0.15) is 5.00 Å². The number of amidine groups is 1. The second-order valence-electron chi connectivity index (χ2n) is 11.0. The van der Waals surface area contributed by atoms with E-state index in [1.54, 1.807) is 11.3 Å². The topological polar surface area (TPSA) is 28.0 Å². The molecule has 0 fully saturated rings. The van der Waals surface area contributed by atoms with Gasteiger partial charge in [0.15, 0.2) is 5.84 Å². The third-order valence-corrected chi connectivity index (χ3v) is 8.65. The number of benzene rings is 3. The Labute approximate surface area is 300 Å². The molecular formula is C46H41N3S. The lowest BCUT2D eigenvalue weighted by Crippen LogP contribution is -2.15. The Morgan fingerprint density at radius 3 is 2.02 bits per heavy atom. The van der Waals surface area contributed by atoms with Gasteiger partial charge in [0, 0.05) is 32.7 Å². The first-order chi connectivity index (χ1) is 24.7. The average Bonchev–Trinajstić information content (AvgIpc) is 3.50. The van der Waals surface area contributed by atoms with Crippen molar-refractivity contribution in [1.82, 2.24) is 0 Å². The summed E-state index contributed by atoms with van der Waals surface area (Å²) in [6, 6.07) is 27.7. The normalized spacial score (nSPS) is 16.9. The number of nitrogens with zero attached hydrogens (tertiary/aromatic N) is 3. The van der Waals surface area contributed by atoms with Gasteiger partial charge in [-0.25, -0.2) is 9.98 Å². The molecule has 3 aromatic carbocycles. The maximum absolute atomic E-state index is 5.03. The first kappa shape index (κ1) is 35.2. The molecule has 4 aromatic rings. The van der Waals surface area contributed by atoms with Gasteiger partial charge in [-0.05, 0) is 80.3 Å². The van der Waals surface area contributed by atoms with Crippen molar-refractivity contribution in [2.75, 3.05) is 4.90 Å². The van der Waals surface area contributed by atoms with Crippen LogP contribution in [0.4, 0.5) is 16.4 Å². The highest BCUT2D eigenvalue weighted by Crippen LogP contribution is 2.44. The van der Waals surface area contributed by atoms with Crippen molar-refractivity contribution < 1.29 is 0 Å². The maximum Gasteiger partial charge on any atom is 0.152 e. The monoisotopic (exact) mass is 667 g/mol. The smallest absolute Gasteiger partial charge is 0.152 e. The summed E-state index contributed by atoms with van der Waals surface area (Å²) in [5, 5.41) is 2.03. The van der Waals surface area contributed by atoms with Gasteiger partial charge in [0.25, 0.3) is 0 Å². The van der Waals surface area contributed by atoms with E-state index in [1.807, 2.05) is 98.9 Å². The minimum absolute atomic E-state index is 0.552. The summed E-state index contributed by atoms with van der Waals surface area (Å²) in [6.07, 6.45) is 40.6. The van der Waals surface area contributed by atoms with E-state index in [1.165, 1.54) is 0 Å². The third kappa shape index (κ3) is 9.50. The largest absolute Gasteiger partial charge is 0.311 e. The Morgan fingerprint density at radius 2 is 1.30 bits per heavy atom. The zero-order chi connectivity index (χ0) is 34.8. The number of thiophene rings is 1. The predicted octanol–water partition coefficient (Wildman–Crippen LogP) is 13.1. The van der Waals surface area contributed by atoms with E-state index in [0.29, 0.717) is 5.84 Å². The number of fused-ring (bicyclic) bond motifs is 1. The molecule has 0 unspecified atom stereocenters. The Balaban J connectivity index is 1.62. The van der Waals surface area contributed by atoms with Gasteiger partial charge in [-0.1, -0.05) is 152 Å². The van der Waals surface area contributed by atoms with Crippen molar-refractivity contribution in [3.05, 3.63) is 217 Å². The molecule has 0 spiro atoms. The quantitative estimate of drug-likeness (QED) is 0.0940. The molecule has 5 rings (SSSR count). The Morgan fingerprint density at radius 1 is 0.660 bits per heavy atom. The minimum Gasteiger partial charge on any atom is -0.311 e. The van der Waals surface area contributed by atoms with Gasteiger partial charge in [-0.3, -0.25) is 0 Å². The standard InChI is InChI=1S/C46H41N3S/c1-4-6-8-14-22-32-44(47-3)48-46-45(42-30-23-24-31-43(42)50-46)41(29-7-5-2)37-33-35-40(36-34-37)49(39-27-20-17-21-28-39)38-25-18-15-12-10-9-11-13-16-19-26-38/h4-36H,3H2,1-2H3/b6-4-,7-5+,10-9-,11-9?,12-10?,13-11+,14-8-,15-12-,16-13?,18-15?,19-16+,25-18?,26-19?,32-22+,38-25?,38-26?,41-29-,48-44?. The van der Waals surface area contributed by atoms with Crippen molar-refractivity contribution in [3.8, 4) is 0 Å². The van der Waals surface area contributed by atoms with E-state index in [9.17, 15) is 0 Å². The molecule has 0 N–H and O–H groups in total. The van der Waals surface area contributed by atoms with Crippen LogP contribution in [0.25, 0.3) is 15.7 Å². The van der Waals surface area contributed by atoms with Gasteiger partial charge in [-0.2, -0.15) is 0 Å². The first-order valence-corrected chi connectivity index (χ1v) is 17.4. The fraction of sp³-hybridized carbons (Fsp3) is 0.0435. The predicted molar refractivity (Wildman–Crippen MR) is 222 cm³/mol. The molecule has 246 valence electrons. The number of aliphatic imine (C=N–C) groups is 2. The fourth-order valence-corrected chi connectivity index (χ4v) is 6.37. The second kappa shape index (κ2) is 19.0. The van der Waals surface area contributed by atoms with Crippen LogP contribution in [0.3, 0.4) is 0 Å². The van der Waals surface area contributed by atoms with Gasteiger partial charge in [-0.15, -0.1) is 11.3 Å². The molecule has 0 saturated heterocycles. The highest BCUT2D eigenvalue weighted by atomic mass is 32.1. The highest BCUT2D eigenvalue weighted by Gasteiger charge is 2.19. The zero-order valence-corrected chi connectivity index (χ0v) is 29.3. The summed E-state index contributed by atoms with van der Waals surface area (Å²) in [5.41, 5.74) is 6.38. The lowest BCUT2D eigenvalue weighted by Gasteiger charge is -2.26. The molecule has 1 aliphatic carbocycles. The molecule has 1 aliphatic rings. The number of rotatable bonds is 10. The van der Waals surface area contributed by atoms with Crippen LogP contribution >= 0.6 is 11.3 Å². The molecule has 1 heterocycles. The average molecular weight is 668 g/mol. The van der Waals surface area contributed by atoms with Crippen LogP contribution in [0.2, 0.25) is 0 Å². The lowest BCUT2D eigenvalue weighted by atomic mass is 9.95. The number of hydrogen-bond donors (Lipinski definition) is 0. The minimum atomic E-state index is 0.552. The van der Waals surface area contributed by atoms with Gasteiger partial charge >= 0.3 is 0 Å². The van der Waals surface area contributed by atoms with E-state index in [2.05, 4.69) is 132 Å². The molecule has 1 aromatic heterocycles. The Bertz CT molecular complexity index is 2120. The van der Waals surface area contributed by atoms with E-state index in [0.717, 1.165) is 48.9 Å². The lowest BCUT2D eigenvalue weighted by molar-refractivity contribution is 1.21. The molecule has 50 heavy (non-hydrogen) atoms. The number of hydrogen-bond acceptors (Lipinski definition) is 3. The molecule has 3 nitrogen and oxygen atoms in total. The summed E-state index contributed by atoms with van der Waals surface area (Å²) in [6.45, 7) is 7.83. The van der Waals surface area contributed by atoms with Crippen LogP contribution in [0.15, 0.2) is 216 Å². The summed E-state index contributed by atoms with van der Waals surface area (Å²) >= 11 is 1.66. The molecule has 0 radical (unpaired) electrons. The van der Waals surface area contributed by atoms with Crippen molar-refractivity contribution in [2.24, 2.45) is 9.98 Å². The van der Waals surface area contributed by atoms with Gasteiger partial charge in [0.05, 0.1) is 0 Å². The number of para-hydroxylation sites is 1. The van der Waals surface area contributed by atoms with E-state index in [4.69, 9.17) is 4.99 Å². The van der Waals surface area contributed by atoms with Crippen molar-refractivity contribution in [3.63, 3.8) is 0 Å². The van der Waals surface area contributed by atoms with Crippen molar-refractivity contribution >= 4 is 55.9 Å². The summed E-state index contributed by atoms with van der Waals surface area (Å²) in [7, 11) is 0. The first-order valence-electron chi connectivity index (χ1n) is 16.6. The molecule has 0 saturated carbocycles. The van der Waals surface area contributed by atoms with Crippen molar-refractivity contribution in [1.29, 1.82) is 0 Å². The van der Waals surface area contributed by atoms with Gasteiger partial charge < -0.3 is 4.90 Å². The molecule has 4 heteroatoms. The third-order valence-electron chi connectivity index (χ3n) is 7.58.